The highest BCUT2D eigenvalue weighted by Crippen LogP contribution is 2.52. The van der Waals surface area contributed by atoms with Crippen LogP contribution in [0.3, 0.4) is 0 Å². The van der Waals surface area contributed by atoms with E-state index in [4.69, 9.17) is 46.4 Å². The molecule has 0 saturated carbocycles. The van der Waals surface area contributed by atoms with Crippen molar-refractivity contribution in [2.75, 3.05) is 0 Å². The van der Waals surface area contributed by atoms with Crippen LogP contribution in [0.15, 0.2) is 54.6 Å². The SMILES string of the molecule is O=S(=O)(O)C(c1ccc(Cl)cc1)(c1cc(O)c(Cl)cc1Cl)c1c(O)cccc1Cl. The van der Waals surface area contributed by atoms with Crippen molar-refractivity contribution in [2.24, 2.45) is 0 Å². The quantitative estimate of drug-likeness (QED) is 0.311. The number of hydrogen-bond donors (Lipinski definition) is 3. The first-order valence-electron chi connectivity index (χ1n) is 7.89. The summed E-state index contributed by atoms with van der Waals surface area (Å²) in [6, 6.07) is 11.5. The van der Waals surface area contributed by atoms with Crippen molar-refractivity contribution in [3.63, 3.8) is 0 Å². The van der Waals surface area contributed by atoms with Crippen LogP contribution >= 0.6 is 46.4 Å². The number of phenolic OH excluding ortho intramolecular Hbond substituents is 2. The molecule has 10 heteroatoms. The fourth-order valence-electron chi connectivity index (χ4n) is 3.20. The minimum Gasteiger partial charge on any atom is -0.508 e. The Bertz CT molecular complexity index is 1180. The average Bonchev–Trinajstić information content (AvgIpc) is 2.62. The van der Waals surface area contributed by atoms with Crippen molar-refractivity contribution >= 4 is 56.5 Å². The summed E-state index contributed by atoms with van der Waals surface area (Å²) in [4.78, 5) is 0. The smallest absolute Gasteiger partial charge is 0.283 e. The molecule has 0 aliphatic heterocycles. The highest BCUT2D eigenvalue weighted by Gasteiger charge is 2.52. The van der Waals surface area contributed by atoms with Gasteiger partial charge in [-0.1, -0.05) is 64.6 Å². The van der Waals surface area contributed by atoms with Gasteiger partial charge in [-0.3, -0.25) is 4.55 Å². The summed E-state index contributed by atoms with van der Waals surface area (Å²) in [5.41, 5.74) is -0.652. The van der Waals surface area contributed by atoms with Gasteiger partial charge in [0.2, 0.25) is 0 Å². The molecule has 3 aromatic rings. The zero-order chi connectivity index (χ0) is 21.6. The second kappa shape index (κ2) is 7.87. The van der Waals surface area contributed by atoms with Crippen LogP contribution in [0.5, 0.6) is 11.5 Å². The predicted molar refractivity (Wildman–Crippen MR) is 114 cm³/mol. The van der Waals surface area contributed by atoms with Gasteiger partial charge < -0.3 is 10.2 Å². The molecule has 0 bridgehead atoms. The maximum absolute atomic E-state index is 13.0. The Morgan fingerprint density at radius 1 is 0.759 bits per heavy atom. The molecule has 3 N–H and O–H groups in total. The van der Waals surface area contributed by atoms with Gasteiger partial charge in [0.15, 0.2) is 4.75 Å². The van der Waals surface area contributed by atoms with E-state index < -0.39 is 26.4 Å². The van der Waals surface area contributed by atoms with Crippen molar-refractivity contribution in [3.05, 3.63) is 91.4 Å². The molecule has 0 saturated heterocycles. The van der Waals surface area contributed by atoms with Crippen molar-refractivity contribution in [1.82, 2.24) is 0 Å². The van der Waals surface area contributed by atoms with Crippen molar-refractivity contribution < 1.29 is 23.2 Å². The Hall–Kier alpha value is -1.67. The first kappa shape index (κ1) is 22.0. The number of phenols is 2. The van der Waals surface area contributed by atoms with Gasteiger partial charge in [0.25, 0.3) is 10.1 Å². The first-order valence-corrected chi connectivity index (χ1v) is 10.8. The lowest BCUT2D eigenvalue weighted by Crippen LogP contribution is -2.39. The van der Waals surface area contributed by atoms with Crippen molar-refractivity contribution in [2.45, 2.75) is 4.75 Å². The van der Waals surface area contributed by atoms with Gasteiger partial charge in [0.1, 0.15) is 11.5 Å². The Morgan fingerprint density at radius 2 is 1.38 bits per heavy atom. The molecule has 3 rings (SSSR count). The van der Waals surface area contributed by atoms with E-state index in [9.17, 15) is 23.2 Å². The molecule has 1 atom stereocenters. The Morgan fingerprint density at radius 3 is 1.93 bits per heavy atom. The summed E-state index contributed by atoms with van der Waals surface area (Å²) in [6.45, 7) is 0. The molecule has 0 aromatic heterocycles. The van der Waals surface area contributed by atoms with Gasteiger partial charge in [-0.05, 0) is 42.0 Å². The molecule has 0 amide bonds. The highest BCUT2D eigenvalue weighted by atomic mass is 35.5. The Balaban J connectivity index is 2.63. The number of hydrogen-bond acceptors (Lipinski definition) is 4. The van der Waals surface area contributed by atoms with E-state index in [0.29, 0.717) is 5.02 Å². The molecule has 0 radical (unpaired) electrons. The van der Waals surface area contributed by atoms with E-state index in [1.807, 2.05) is 0 Å². The van der Waals surface area contributed by atoms with E-state index >= 15 is 0 Å². The van der Waals surface area contributed by atoms with Crippen LogP contribution in [0, 0.1) is 0 Å². The molecule has 29 heavy (non-hydrogen) atoms. The summed E-state index contributed by atoms with van der Waals surface area (Å²) in [5, 5.41) is 20.5. The van der Waals surface area contributed by atoms with Gasteiger partial charge in [-0.15, -0.1) is 0 Å². The van der Waals surface area contributed by atoms with Crippen molar-refractivity contribution in [3.8, 4) is 11.5 Å². The molecular formula is C19H12Cl4O5S. The minimum absolute atomic E-state index is 0.0311. The lowest BCUT2D eigenvalue weighted by molar-refractivity contribution is 0.439. The number of aromatic hydroxyl groups is 2. The molecule has 0 aliphatic carbocycles. The van der Waals surface area contributed by atoms with E-state index in [0.717, 1.165) is 12.1 Å². The fraction of sp³-hybridized carbons (Fsp3) is 0.0526. The van der Waals surface area contributed by atoms with Gasteiger partial charge in [-0.2, -0.15) is 8.42 Å². The van der Waals surface area contributed by atoms with Crippen LogP contribution in [0.25, 0.3) is 0 Å². The molecule has 3 aromatic carbocycles. The maximum Gasteiger partial charge on any atom is 0.283 e. The summed E-state index contributed by atoms with van der Waals surface area (Å²) in [6.07, 6.45) is 0. The van der Waals surface area contributed by atoms with Crippen LogP contribution in [0.1, 0.15) is 16.7 Å². The molecule has 0 spiro atoms. The topological polar surface area (TPSA) is 94.8 Å². The minimum atomic E-state index is -5.12. The highest BCUT2D eigenvalue weighted by molar-refractivity contribution is 7.87. The van der Waals surface area contributed by atoms with Crippen molar-refractivity contribution in [1.29, 1.82) is 0 Å². The molecule has 0 fully saturated rings. The molecule has 1 unspecified atom stereocenters. The van der Waals surface area contributed by atoms with E-state index in [-0.39, 0.29) is 31.8 Å². The van der Waals surface area contributed by atoms with Gasteiger partial charge in [0.05, 0.1) is 5.02 Å². The first-order chi connectivity index (χ1) is 13.5. The van der Waals surface area contributed by atoms with Gasteiger partial charge >= 0.3 is 0 Å². The monoisotopic (exact) mass is 492 g/mol. The largest absolute Gasteiger partial charge is 0.508 e. The molecule has 152 valence electrons. The van der Waals surface area contributed by atoms with E-state index in [2.05, 4.69) is 0 Å². The third-order valence-electron chi connectivity index (χ3n) is 4.40. The number of benzene rings is 3. The number of rotatable bonds is 4. The van der Waals surface area contributed by atoms with E-state index in [1.54, 1.807) is 0 Å². The Labute approximate surface area is 186 Å². The second-order valence-corrected chi connectivity index (χ2v) is 9.30. The zero-order valence-corrected chi connectivity index (χ0v) is 18.1. The van der Waals surface area contributed by atoms with Crippen LogP contribution in [0.2, 0.25) is 20.1 Å². The molecule has 0 aliphatic rings. The van der Waals surface area contributed by atoms with Gasteiger partial charge in [0, 0.05) is 26.2 Å². The average molecular weight is 494 g/mol. The third kappa shape index (κ3) is 3.65. The predicted octanol–water partition coefficient (Wildman–Crippen LogP) is 5.89. The Kier molecular flexibility index (Phi) is 5.98. The summed E-state index contributed by atoms with van der Waals surface area (Å²) >= 11 is 24.4. The molecule has 5 nitrogen and oxygen atoms in total. The van der Waals surface area contributed by atoms with Crippen LogP contribution in [0.4, 0.5) is 0 Å². The van der Waals surface area contributed by atoms with Crippen LogP contribution < -0.4 is 0 Å². The van der Waals surface area contributed by atoms with Crippen LogP contribution in [-0.2, 0) is 14.9 Å². The standard InChI is InChI=1S/C19H12Cl4O5S/c20-11-6-4-10(5-7-11)19(29(26,27)28,18-13(21)2-1-3-16(18)24)12-8-17(25)15(23)9-14(12)22/h1-9,24-25H,(H,26,27,28). The summed E-state index contributed by atoms with van der Waals surface area (Å²) in [5.74, 6) is -1.00. The van der Waals surface area contributed by atoms with Crippen LogP contribution in [-0.4, -0.2) is 23.2 Å². The summed E-state index contributed by atoms with van der Waals surface area (Å²) in [7, 11) is -5.12. The fourth-order valence-corrected chi connectivity index (χ4v) is 5.63. The normalized spacial score (nSPS) is 13.8. The van der Waals surface area contributed by atoms with E-state index in [1.165, 1.54) is 42.5 Å². The number of halogens is 4. The third-order valence-corrected chi connectivity index (χ3v) is 7.01. The second-order valence-electron chi connectivity index (χ2n) is 6.08. The lowest BCUT2D eigenvalue weighted by atomic mass is 9.83. The van der Waals surface area contributed by atoms with Gasteiger partial charge in [-0.25, -0.2) is 0 Å². The summed E-state index contributed by atoms with van der Waals surface area (Å²) < 4.78 is 33.9. The molecular weight excluding hydrogens is 482 g/mol. The molecule has 0 heterocycles. The zero-order valence-electron chi connectivity index (χ0n) is 14.3. The lowest BCUT2D eigenvalue weighted by Gasteiger charge is -2.34. The maximum atomic E-state index is 13.0.